The van der Waals surface area contributed by atoms with Gasteiger partial charge in [-0.2, -0.15) is 5.10 Å². The summed E-state index contributed by atoms with van der Waals surface area (Å²) >= 11 is 0. The van der Waals surface area contributed by atoms with E-state index in [4.69, 9.17) is 4.98 Å². The summed E-state index contributed by atoms with van der Waals surface area (Å²) in [6.45, 7) is 1.29. The summed E-state index contributed by atoms with van der Waals surface area (Å²) in [7, 11) is 0. The van der Waals surface area contributed by atoms with Gasteiger partial charge in [0.2, 0.25) is 0 Å². The zero-order valence-electron chi connectivity index (χ0n) is 17.5. The van der Waals surface area contributed by atoms with Crippen LogP contribution >= 0.6 is 0 Å². The zero-order valence-corrected chi connectivity index (χ0v) is 17.5. The maximum absolute atomic E-state index is 13.3. The maximum atomic E-state index is 13.3. The third kappa shape index (κ3) is 2.89. The predicted octanol–water partition coefficient (Wildman–Crippen LogP) is 3.60. The number of hydrogen-bond donors (Lipinski definition) is 0. The van der Waals surface area contributed by atoms with Gasteiger partial charge < -0.3 is 9.30 Å². The van der Waals surface area contributed by atoms with E-state index in [1.807, 2.05) is 35.4 Å². The molecule has 1 saturated heterocycles. The van der Waals surface area contributed by atoms with Crippen LogP contribution in [0, 0.1) is 0 Å². The van der Waals surface area contributed by atoms with Gasteiger partial charge in [0.1, 0.15) is 11.2 Å². The summed E-state index contributed by atoms with van der Waals surface area (Å²) in [5.74, 6) is -0.0182. The Labute approximate surface area is 185 Å². The van der Waals surface area contributed by atoms with Gasteiger partial charge in [0.05, 0.1) is 11.9 Å². The van der Waals surface area contributed by atoms with Crippen LogP contribution in [0.25, 0.3) is 11.3 Å². The fourth-order valence-corrected chi connectivity index (χ4v) is 4.86. The summed E-state index contributed by atoms with van der Waals surface area (Å²) in [4.78, 5) is 24.6. The molecule has 0 N–H and O–H groups in total. The largest absolute Gasteiger partial charge is 0.338 e. The molecule has 0 atom stereocenters. The Morgan fingerprint density at radius 3 is 2.56 bits per heavy atom. The average Bonchev–Trinajstić information content (AvgIpc) is 3.49. The highest BCUT2D eigenvalue weighted by Gasteiger charge is 2.41. The van der Waals surface area contributed by atoms with Crippen molar-refractivity contribution in [3.63, 3.8) is 0 Å². The molecule has 0 radical (unpaired) electrons. The average molecular weight is 422 g/mol. The molecular weight excluding hydrogens is 400 g/mol. The zero-order chi connectivity index (χ0) is 21.5. The van der Waals surface area contributed by atoms with Gasteiger partial charge in [0.25, 0.3) is 5.91 Å². The van der Waals surface area contributed by atoms with E-state index in [0.717, 1.165) is 24.2 Å². The van der Waals surface area contributed by atoms with E-state index in [2.05, 4.69) is 44.9 Å². The third-order valence-corrected chi connectivity index (χ3v) is 6.59. The highest BCUT2D eigenvalue weighted by Crippen LogP contribution is 2.41. The van der Waals surface area contributed by atoms with E-state index in [-0.39, 0.29) is 11.3 Å². The van der Waals surface area contributed by atoms with Gasteiger partial charge in [0, 0.05) is 43.3 Å². The van der Waals surface area contributed by atoms with Gasteiger partial charge >= 0.3 is 0 Å². The van der Waals surface area contributed by atoms with E-state index < -0.39 is 0 Å². The quantitative estimate of drug-likeness (QED) is 0.446. The Balaban J connectivity index is 1.35. The molecule has 0 aliphatic carbocycles. The number of fused-ring (bicyclic) bond motifs is 2. The molecular formula is C25H22N6O. The lowest BCUT2D eigenvalue weighted by Crippen LogP contribution is -2.46. The molecule has 0 bridgehead atoms. The van der Waals surface area contributed by atoms with Crippen LogP contribution in [0.4, 0.5) is 0 Å². The van der Waals surface area contributed by atoms with Crippen LogP contribution in [0.2, 0.25) is 0 Å². The fraction of sp³-hybridized carbons (Fsp3) is 0.200. The third-order valence-electron chi connectivity index (χ3n) is 6.59. The van der Waals surface area contributed by atoms with Crippen LogP contribution in [0.15, 0.2) is 85.6 Å². The summed E-state index contributed by atoms with van der Waals surface area (Å²) in [6.07, 6.45) is 10.9. The number of imidazole rings is 1. The van der Waals surface area contributed by atoms with Crippen molar-refractivity contribution in [1.29, 1.82) is 0 Å². The molecule has 1 aliphatic rings. The second kappa shape index (κ2) is 7.30. The topological polar surface area (TPSA) is 67.8 Å². The molecule has 1 fully saturated rings. The number of nitrogens with zero attached hydrogens (tertiary/aromatic N) is 6. The Kier molecular flexibility index (Phi) is 4.28. The van der Waals surface area contributed by atoms with Crippen LogP contribution in [0.1, 0.15) is 34.5 Å². The normalized spacial score (nSPS) is 15.9. The smallest absolute Gasteiger partial charge is 0.259 e. The number of likely N-dealkylation sites (tertiary alicyclic amines) is 1. The van der Waals surface area contributed by atoms with Gasteiger partial charge in [-0.25, -0.2) is 14.5 Å². The minimum Gasteiger partial charge on any atom is -0.338 e. The lowest BCUT2D eigenvalue weighted by atomic mass is 9.70. The van der Waals surface area contributed by atoms with Crippen molar-refractivity contribution in [1.82, 2.24) is 28.9 Å². The number of amides is 1. The molecule has 1 aromatic carbocycles. The first-order chi connectivity index (χ1) is 15.7. The number of hydrogen-bond acceptors (Lipinski definition) is 4. The maximum Gasteiger partial charge on any atom is 0.259 e. The first-order valence-electron chi connectivity index (χ1n) is 10.8. The molecule has 5 aromatic rings. The SMILES string of the molecule is O=C(c1cnn2cccnc12)N1CCC(c2ccccc2)(c2cn3ccccc3n2)CC1. The fourth-order valence-electron chi connectivity index (χ4n) is 4.86. The molecule has 5 heterocycles. The number of piperidine rings is 1. The second-order valence-corrected chi connectivity index (χ2v) is 8.28. The van der Waals surface area contributed by atoms with Crippen molar-refractivity contribution in [3.05, 3.63) is 102 Å². The van der Waals surface area contributed by atoms with Gasteiger partial charge in [0.15, 0.2) is 5.65 Å². The standard InChI is InChI=1S/C25H22N6O/c32-24(20-17-27-31-14-6-12-26-23(20)31)29-15-10-25(11-16-29,19-7-2-1-3-8-19)21-18-30-13-5-4-9-22(30)28-21/h1-9,12-14,17-18H,10-11,15-16H2. The molecule has 158 valence electrons. The van der Waals surface area contributed by atoms with E-state index in [9.17, 15) is 4.79 Å². The number of aromatic nitrogens is 5. The molecule has 4 aromatic heterocycles. The van der Waals surface area contributed by atoms with E-state index in [0.29, 0.717) is 24.3 Å². The highest BCUT2D eigenvalue weighted by molar-refractivity contribution is 5.99. The van der Waals surface area contributed by atoms with Crippen LogP contribution in [-0.4, -0.2) is 47.9 Å². The Hall–Kier alpha value is -4.00. The molecule has 7 nitrogen and oxygen atoms in total. The number of carbonyl (C=O) groups is 1. The summed E-state index contributed by atoms with van der Waals surface area (Å²) in [5.41, 5.74) is 4.15. The lowest BCUT2D eigenvalue weighted by Gasteiger charge is -2.41. The minimum atomic E-state index is -0.233. The van der Waals surface area contributed by atoms with E-state index >= 15 is 0 Å². The highest BCUT2D eigenvalue weighted by atomic mass is 16.2. The Morgan fingerprint density at radius 2 is 1.75 bits per heavy atom. The molecule has 1 aliphatic heterocycles. The van der Waals surface area contributed by atoms with Crippen LogP contribution < -0.4 is 0 Å². The number of pyridine rings is 1. The summed E-state index contributed by atoms with van der Waals surface area (Å²) < 4.78 is 3.71. The Morgan fingerprint density at radius 1 is 0.938 bits per heavy atom. The van der Waals surface area contributed by atoms with Crippen molar-refractivity contribution < 1.29 is 4.79 Å². The summed E-state index contributed by atoms with van der Waals surface area (Å²) in [6, 6.07) is 18.4. The molecule has 0 spiro atoms. The van der Waals surface area contributed by atoms with Gasteiger partial charge in [-0.3, -0.25) is 4.79 Å². The van der Waals surface area contributed by atoms with Crippen molar-refractivity contribution in [2.45, 2.75) is 18.3 Å². The van der Waals surface area contributed by atoms with Crippen molar-refractivity contribution >= 4 is 17.2 Å². The lowest BCUT2D eigenvalue weighted by molar-refractivity contribution is 0.0686. The molecule has 0 saturated carbocycles. The Bertz CT molecular complexity index is 1380. The summed E-state index contributed by atoms with van der Waals surface area (Å²) in [5, 5.41) is 4.28. The van der Waals surface area contributed by atoms with Crippen molar-refractivity contribution in [2.24, 2.45) is 0 Å². The van der Waals surface area contributed by atoms with E-state index in [1.54, 1.807) is 29.2 Å². The molecule has 6 rings (SSSR count). The van der Waals surface area contributed by atoms with E-state index in [1.165, 1.54) is 5.56 Å². The molecule has 7 heteroatoms. The molecule has 32 heavy (non-hydrogen) atoms. The number of benzene rings is 1. The molecule has 1 amide bonds. The van der Waals surface area contributed by atoms with Gasteiger partial charge in [-0.1, -0.05) is 36.4 Å². The minimum absolute atomic E-state index is 0.0182. The second-order valence-electron chi connectivity index (χ2n) is 8.28. The van der Waals surface area contributed by atoms with Crippen molar-refractivity contribution in [2.75, 3.05) is 13.1 Å². The van der Waals surface area contributed by atoms with Gasteiger partial charge in [-0.05, 0) is 36.6 Å². The predicted molar refractivity (Wildman–Crippen MR) is 121 cm³/mol. The number of carbonyl (C=O) groups excluding carboxylic acids is 1. The van der Waals surface area contributed by atoms with Crippen LogP contribution in [0.3, 0.4) is 0 Å². The number of rotatable bonds is 3. The first-order valence-corrected chi connectivity index (χ1v) is 10.8. The monoisotopic (exact) mass is 422 g/mol. The van der Waals surface area contributed by atoms with Crippen LogP contribution in [0.5, 0.6) is 0 Å². The molecule has 0 unspecified atom stereocenters. The van der Waals surface area contributed by atoms with Crippen molar-refractivity contribution in [3.8, 4) is 0 Å². The van der Waals surface area contributed by atoms with Crippen LogP contribution in [-0.2, 0) is 5.41 Å². The first kappa shape index (κ1) is 18.7. The van der Waals surface area contributed by atoms with Gasteiger partial charge in [-0.15, -0.1) is 0 Å².